The molecular weight excluding hydrogens is 196 g/mol. The predicted octanol–water partition coefficient (Wildman–Crippen LogP) is 0.322. The molecule has 2 N–H and O–H groups in total. The Morgan fingerprint density at radius 2 is 2.47 bits per heavy atom. The number of carbonyl (C=O) groups excluding carboxylic acids is 1. The maximum Gasteiger partial charge on any atom is 0.222 e. The summed E-state index contributed by atoms with van der Waals surface area (Å²) in [6, 6.07) is 0.155. The van der Waals surface area contributed by atoms with E-state index in [-0.39, 0.29) is 18.1 Å². The number of hydrogen-bond acceptors (Lipinski definition) is 4. The Bertz CT molecular complexity index is 363. The van der Waals surface area contributed by atoms with Crippen molar-refractivity contribution in [3.05, 3.63) is 6.20 Å². The van der Waals surface area contributed by atoms with Crippen molar-refractivity contribution in [2.24, 2.45) is 0 Å². The summed E-state index contributed by atoms with van der Waals surface area (Å²) in [5.74, 6) is 0.303. The average molecular weight is 210 g/mol. The van der Waals surface area contributed by atoms with Gasteiger partial charge in [0, 0.05) is 6.92 Å². The molecule has 1 fully saturated rings. The molecule has 6 heteroatoms. The zero-order valence-electron chi connectivity index (χ0n) is 8.55. The average Bonchev–Trinajstić information content (AvgIpc) is 2.72. The van der Waals surface area contributed by atoms with Crippen LogP contribution in [-0.2, 0) is 4.79 Å². The van der Waals surface area contributed by atoms with Gasteiger partial charge < -0.3 is 10.4 Å². The van der Waals surface area contributed by atoms with Crippen molar-refractivity contribution < 1.29 is 9.90 Å². The van der Waals surface area contributed by atoms with E-state index in [1.807, 2.05) is 0 Å². The normalized spacial score (nSPS) is 25.5. The molecule has 2 atom stereocenters. The summed E-state index contributed by atoms with van der Waals surface area (Å²) >= 11 is 0. The second-order valence-electron chi connectivity index (χ2n) is 3.85. The highest BCUT2D eigenvalue weighted by atomic mass is 16.3. The second kappa shape index (κ2) is 3.98. The molecule has 1 aromatic rings. The molecule has 6 nitrogen and oxygen atoms in total. The van der Waals surface area contributed by atoms with Crippen molar-refractivity contribution in [2.75, 3.05) is 5.32 Å². The molecule has 2 unspecified atom stereocenters. The van der Waals surface area contributed by atoms with Gasteiger partial charge in [0.1, 0.15) is 0 Å². The van der Waals surface area contributed by atoms with Crippen LogP contribution in [0.15, 0.2) is 6.20 Å². The number of anilines is 1. The quantitative estimate of drug-likeness (QED) is 0.736. The van der Waals surface area contributed by atoms with Crippen LogP contribution in [0.1, 0.15) is 32.2 Å². The summed E-state index contributed by atoms with van der Waals surface area (Å²) in [6.07, 6.45) is 3.64. The van der Waals surface area contributed by atoms with Crippen molar-refractivity contribution in [2.45, 2.75) is 38.3 Å². The molecule has 1 aromatic heterocycles. The van der Waals surface area contributed by atoms with Gasteiger partial charge in [0.2, 0.25) is 5.91 Å². The molecule has 0 bridgehead atoms. The van der Waals surface area contributed by atoms with Crippen molar-refractivity contribution in [1.29, 1.82) is 0 Å². The van der Waals surface area contributed by atoms with Crippen LogP contribution in [0.5, 0.6) is 0 Å². The molecule has 0 aliphatic heterocycles. The number of aromatic nitrogens is 3. The molecule has 82 valence electrons. The summed E-state index contributed by atoms with van der Waals surface area (Å²) in [4.78, 5) is 12.3. The van der Waals surface area contributed by atoms with Crippen LogP contribution < -0.4 is 5.32 Å². The molecule has 15 heavy (non-hydrogen) atoms. The molecule has 1 heterocycles. The van der Waals surface area contributed by atoms with Gasteiger partial charge in [0.15, 0.2) is 5.82 Å². The molecule has 1 saturated carbocycles. The third-order valence-electron chi connectivity index (χ3n) is 2.52. The highest BCUT2D eigenvalue weighted by molar-refractivity contribution is 5.87. The first kappa shape index (κ1) is 10.1. The first-order chi connectivity index (χ1) is 7.15. The zero-order valence-corrected chi connectivity index (χ0v) is 8.55. The lowest BCUT2D eigenvalue weighted by Gasteiger charge is -2.06. The zero-order chi connectivity index (χ0) is 10.8. The number of rotatable bonds is 2. The highest BCUT2D eigenvalue weighted by Gasteiger charge is 2.25. The third-order valence-corrected chi connectivity index (χ3v) is 2.52. The van der Waals surface area contributed by atoms with Gasteiger partial charge in [-0.1, -0.05) is 0 Å². The van der Waals surface area contributed by atoms with E-state index >= 15 is 0 Å². The lowest BCUT2D eigenvalue weighted by Crippen LogP contribution is -2.12. The van der Waals surface area contributed by atoms with Crippen LogP contribution >= 0.6 is 0 Å². The van der Waals surface area contributed by atoms with E-state index in [1.165, 1.54) is 13.1 Å². The Morgan fingerprint density at radius 3 is 3.07 bits per heavy atom. The monoisotopic (exact) mass is 210 g/mol. The van der Waals surface area contributed by atoms with Crippen LogP contribution in [0.25, 0.3) is 0 Å². The van der Waals surface area contributed by atoms with Gasteiger partial charge in [-0.05, 0) is 19.3 Å². The molecule has 1 aliphatic rings. The Morgan fingerprint density at radius 1 is 1.67 bits per heavy atom. The maximum atomic E-state index is 10.8. The molecule has 2 rings (SSSR count). The number of amides is 1. The topological polar surface area (TPSA) is 80.0 Å². The van der Waals surface area contributed by atoms with Gasteiger partial charge in [-0.25, -0.2) is 0 Å². The van der Waals surface area contributed by atoms with Crippen LogP contribution in [0.2, 0.25) is 0 Å². The van der Waals surface area contributed by atoms with E-state index in [9.17, 15) is 9.90 Å². The Hall–Kier alpha value is -1.43. The predicted molar refractivity (Wildman–Crippen MR) is 53.2 cm³/mol. The maximum absolute atomic E-state index is 10.8. The van der Waals surface area contributed by atoms with E-state index in [0.717, 1.165) is 12.8 Å². The Kier molecular flexibility index (Phi) is 2.68. The Balaban J connectivity index is 2.03. The van der Waals surface area contributed by atoms with Gasteiger partial charge in [-0.3, -0.25) is 4.79 Å². The molecule has 1 aliphatic carbocycles. The van der Waals surface area contributed by atoms with Crippen LogP contribution in [0.4, 0.5) is 5.82 Å². The summed E-state index contributed by atoms with van der Waals surface area (Å²) < 4.78 is 0. The Labute approximate surface area is 87.3 Å². The summed E-state index contributed by atoms with van der Waals surface area (Å²) in [6.45, 7) is 1.43. The van der Waals surface area contributed by atoms with Gasteiger partial charge in [0.05, 0.1) is 18.3 Å². The van der Waals surface area contributed by atoms with Crippen LogP contribution in [0.3, 0.4) is 0 Å². The van der Waals surface area contributed by atoms with Crippen LogP contribution in [-0.4, -0.2) is 32.1 Å². The number of nitrogens with one attached hydrogen (secondary N) is 1. The minimum Gasteiger partial charge on any atom is -0.393 e. The van der Waals surface area contributed by atoms with Gasteiger partial charge in [0.25, 0.3) is 0 Å². The van der Waals surface area contributed by atoms with E-state index in [4.69, 9.17) is 0 Å². The SMILES string of the molecule is CC(=O)Nc1cnn(C2CCC(O)C2)n1. The van der Waals surface area contributed by atoms with E-state index in [0.29, 0.717) is 12.2 Å². The molecule has 0 spiro atoms. The summed E-state index contributed by atoms with van der Waals surface area (Å²) in [5, 5.41) is 20.1. The molecule has 0 radical (unpaired) electrons. The summed E-state index contributed by atoms with van der Waals surface area (Å²) in [5.41, 5.74) is 0. The molecule has 0 aromatic carbocycles. The number of hydrogen-bond donors (Lipinski definition) is 2. The fourth-order valence-electron chi connectivity index (χ4n) is 1.83. The van der Waals surface area contributed by atoms with Crippen molar-refractivity contribution in [1.82, 2.24) is 15.0 Å². The fraction of sp³-hybridized carbons (Fsp3) is 0.667. The molecular formula is C9H14N4O2. The van der Waals surface area contributed by atoms with E-state index < -0.39 is 0 Å². The number of aliphatic hydroxyl groups is 1. The fourth-order valence-corrected chi connectivity index (χ4v) is 1.83. The van der Waals surface area contributed by atoms with E-state index in [1.54, 1.807) is 4.80 Å². The van der Waals surface area contributed by atoms with Crippen molar-refractivity contribution >= 4 is 11.7 Å². The lowest BCUT2D eigenvalue weighted by atomic mass is 10.3. The van der Waals surface area contributed by atoms with Crippen molar-refractivity contribution in [3.63, 3.8) is 0 Å². The van der Waals surface area contributed by atoms with Crippen LogP contribution in [0, 0.1) is 0 Å². The highest BCUT2D eigenvalue weighted by Crippen LogP contribution is 2.28. The number of carbonyl (C=O) groups is 1. The summed E-state index contributed by atoms with van der Waals surface area (Å²) in [7, 11) is 0. The minimum atomic E-state index is -0.245. The molecule has 0 saturated heterocycles. The standard InChI is InChI=1S/C9H14N4O2/c1-6(14)11-9-5-10-13(12-9)7-2-3-8(15)4-7/h5,7-8,15H,2-4H2,1H3,(H,11,12,14). The van der Waals surface area contributed by atoms with Crippen molar-refractivity contribution in [3.8, 4) is 0 Å². The van der Waals surface area contributed by atoms with Gasteiger partial charge in [-0.2, -0.15) is 9.90 Å². The first-order valence-electron chi connectivity index (χ1n) is 5.02. The van der Waals surface area contributed by atoms with E-state index in [2.05, 4.69) is 15.5 Å². The third kappa shape index (κ3) is 2.33. The second-order valence-corrected chi connectivity index (χ2v) is 3.85. The first-order valence-corrected chi connectivity index (χ1v) is 5.02. The number of nitrogens with zero attached hydrogens (tertiary/aromatic N) is 3. The molecule has 1 amide bonds. The minimum absolute atomic E-state index is 0.155. The van der Waals surface area contributed by atoms with Gasteiger partial charge >= 0.3 is 0 Å². The smallest absolute Gasteiger partial charge is 0.222 e. The number of aliphatic hydroxyl groups excluding tert-OH is 1. The lowest BCUT2D eigenvalue weighted by molar-refractivity contribution is -0.114. The largest absolute Gasteiger partial charge is 0.393 e. The van der Waals surface area contributed by atoms with Gasteiger partial charge in [-0.15, -0.1) is 5.10 Å².